The third kappa shape index (κ3) is 4.05. The van der Waals surface area contributed by atoms with Gasteiger partial charge >= 0.3 is 0 Å². The predicted molar refractivity (Wildman–Crippen MR) is 111 cm³/mol. The second-order valence-electron chi connectivity index (χ2n) is 5.80. The molecule has 0 radical (unpaired) electrons. The minimum Gasteiger partial charge on any atom is -0.493 e. The molecule has 3 aromatic rings. The summed E-state index contributed by atoms with van der Waals surface area (Å²) >= 11 is 7.35. The number of carbonyl (C=O) groups is 1. The number of amides is 1. The first-order valence-electron chi connectivity index (χ1n) is 8.31. The Balaban J connectivity index is 1.87. The van der Waals surface area contributed by atoms with Gasteiger partial charge in [0.15, 0.2) is 16.6 Å². The summed E-state index contributed by atoms with van der Waals surface area (Å²) in [5.74, 6) is 0.917. The zero-order valence-electron chi connectivity index (χ0n) is 15.8. The predicted octanol–water partition coefficient (Wildman–Crippen LogP) is 5.05. The van der Waals surface area contributed by atoms with E-state index in [4.69, 9.17) is 25.8 Å². The smallest absolute Gasteiger partial charge is 0.257 e. The molecule has 0 bridgehead atoms. The molecular formula is C20H19ClN2O4S. The number of aryl methyl sites for hydroxylation is 1. The topological polar surface area (TPSA) is 69.7 Å². The molecule has 0 aliphatic rings. The number of nitrogens with one attached hydrogen (secondary N) is 1. The van der Waals surface area contributed by atoms with Crippen molar-refractivity contribution in [3.63, 3.8) is 0 Å². The highest BCUT2D eigenvalue weighted by Gasteiger charge is 2.18. The van der Waals surface area contributed by atoms with Gasteiger partial charge in [-0.15, -0.1) is 11.3 Å². The van der Waals surface area contributed by atoms with E-state index in [2.05, 4.69) is 10.3 Å². The number of carbonyl (C=O) groups excluding carboxylic acids is 1. The molecular weight excluding hydrogens is 400 g/mol. The number of anilines is 1. The molecule has 0 saturated heterocycles. The van der Waals surface area contributed by atoms with E-state index in [0.29, 0.717) is 33.0 Å². The van der Waals surface area contributed by atoms with Crippen LogP contribution in [-0.4, -0.2) is 32.2 Å². The zero-order chi connectivity index (χ0) is 20.3. The van der Waals surface area contributed by atoms with Crippen molar-refractivity contribution in [1.82, 2.24) is 4.98 Å². The molecule has 6 nitrogen and oxygen atoms in total. The first-order valence-corrected chi connectivity index (χ1v) is 9.51. The number of benzene rings is 2. The number of hydrogen-bond donors (Lipinski definition) is 1. The van der Waals surface area contributed by atoms with Gasteiger partial charge in [0.2, 0.25) is 5.75 Å². The molecule has 0 unspecified atom stereocenters. The maximum atomic E-state index is 12.7. The van der Waals surface area contributed by atoms with Gasteiger partial charge in [-0.1, -0.05) is 23.7 Å². The molecule has 2 aromatic carbocycles. The standard InChI is InChI=1S/C20H19ClN2O4S/c1-11-17(12-5-7-14(21)8-6-12)22-20(28-11)23-19(24)13-9-15(25-2)18(27-4)16(10-13)26-3/h5-10H,1-4H3,(H,22,23,24). The molecule has 146 valence electrons. The molecule has 1 heterocycles. The van der Waals surface area contributed by atoms with Crippen molar-refractivity contribution in [2.75, 3.05) is 26.6 Å². The summed E-state index contributed by atoms with van der Waals surface area (Å²) in [6, 6.07) is 10.6. The fourth-order valence-corrected chi connectivity index (χ4v) is 3.66. The minimum absolute atomic E-state index is 0.323. The first-order chi connectivity index (χ1) is 13.5. The average Bonchev–Trinajstić information content (AvgIpc) is 3.07. The monoisotopic (exact) mass is 418 g/mol. The third-order valence-electron chi connectivity index (χ3n) is 4.06. The number of aromatic nitrogens is 1. The van der Waals surface area contributed by atoms with Gasteiger partial charge in [0, 0.05) is 21.0 Å². The molecule has 3 rings (SSSR count). The molecule has 1 N–H and O–H groups in total. The second-order valence-corrected chi connectivity index (χ2v) is 7.44. The maximum absolute atomic E-state index is 12.7. The van der Waals surface area contributed by atoms with Gasteiger partial charge in [0.1, 0.15) is 0 Å². The Morgan fingerprint density at radius 1 is 1.04 bits per heavy atom. The molecule has 28 heavy (non-hydrogen) atoms. The summed E-state index contributed by atoms with van der Waals surface area (Å²) in [5, 5.41) is 3.99. The van der Waals surface area contributed by atoms with E-state index >= 15 is 0 Å². The van der Waals surface area contributed by atoms with Crippen molar-refractivity contribution in [2.24, 2.45) is 0 Å². The number of ether oxygens (including phenoxy) is 3. The lowest BCUT2D eigenvalue weighted by molar-refractivity contribution is 0.102. The average molecular weight is 419 g/mol. The van der Waals surface area contributed by atoms with Crippen molar-refractivity contribution in [3.05, 3.63) is 51.9 Å². The zero-order valence-corrected chi connectivity index (χ0v) is 17.4. The summed E-state index contributed by atoms with van der Waals surface area (Å²) in [6.07, 6.45) is 0. The molecule has 0 atom stereocenters. The SMILES string of the molecule is COc1cc(C(=O)Nc2nc(-c3ccc(Cl)cc3)c(C)s2)cc(OC)c1OC. The summed E-state index contributed by atoms with van der Waals surface area (Å²) in [5.41, 5.74) is 2.11. The van der Waals surface area contributed by atoms with Gasteiger partial charge in [-0.3, -0.25) is 10.1 Å². The van der Waals surface area contributed by atoms with Crippen molar-refractivity contribution >= 4 is 34.0 Å². The van der Waals surface area contributed by atoms with E-state index in [1.165, 1.54) is 32.7 Å². The van der Waals surface area contributed by atoms with Gasteiger partial charge in [-0.25, -0.2) is 4.98 Å². The Kier molecular flexibility index (Phi) is 6.06. The molecule has 0 spiro atoms. The lowest BCUT2D eigenvalue weighted by atomic mass is 10.1. The van der Waals surface area contributed by atoms with Crippen LogP contribution in [0.2, 0.25) is 5.02 Å². The highest BCUT2D eigenvalue weighted by molar-refractivity contribution is 7.16. The Bertz CT molecular complexity index is 977. The van der Waals surface area contributed by atoms with Crippen molar-refractivity contribution in [1.29, 1.82) is 0 Å². The lowest BCUT2D eigenvalue weighted by Crippen LogP contribution is -2.12. The van der Waals surface area contributed by atoms with Gasteiger partial charge in [0.25, 0.3) is 5.91 Å². The molecule has 1 amide bonds. The van der Waals surface area contributed by atoms with Crippen LogP contribution in [0.3, 0.4) is 0 Å². The van der Waals surface area contributed by atoms with Crippen molar-refractivity contribution < 1.29 is 19.0 Å². The summed E-state index contributed by atoms with van der Waals surface area (Å²) in [6.45, 7) is 1.96. The van der Waals surface area contributed by atoms with Gasteiger partial charge in [-0.2, -0.15) is 0 Å². The van der Waals surface area contributed by atoms with Crippen LogP contribution < -0.4 is 19.5 Å². The van der Waals surface area contributed by atoms with E-state index in [0.717, 1.165) is 16.1 Å². The van der Waals surface area contributed by atoms with Crippen molar-refractivity contribution in [3.8, 4) is 28.5 Å². The number of halogens is 1. The van der Waals surface area contributed by atoms with Crippen LogP contribution in [0.5, 0.6) is 17.2 Å². The molecule has 0 aliphatic heterocycles. The van der Waals surface area contributed by atoms with Crippen LogP contribution in [-0.2, 0) is 0 Å². The van der Waals surface area contributed by atoms with Crippen LogP contribution in [0.25, 0.3) is 11.3 Å². The molecule has 0 fully saturated rings. The Labute approximate surface area is 172 Å². The van der Waals surface area contributed by atoms with E-state index in [9.17, 15) is 4.79 Å². The van der Waals surface area contributed by atoms with Crippen LogP contribution in [0, 0.1) is 6.92 Å². The van der Waals surface area contributed by atoms with E-state index in [-0.39, 0.29) is 5.91 Å². The normalized spacial score (nSPS) is 10.5. The number of rotatable bonds is 6. The number of nitrogens with zero attached hydrogens (tertiary/aromatic N) is 1. The second kappa shape index (κ2) is 8.50. The third-order valence-corrected chi connectivity index (χ3v) is 5.20. The molecule has 0 saturated carbocycles. The van der Waals surface area contributed by atoms with Crippen LogP contribution >= 0.6 is 22.9 Å². The van der Waals surface area contributed by atoms with E-state index in [1.807, 2.05) is 31.2 Å². The Morgan fingerprint density at radius 3 is 2.18 bits per heavy atom. The van der Waals surface area contributed by atoms with Crippen LogP contribution in [0.4, 0.5) is 5.13 Å². The maximum Gasteiger partial charge on any atom is 0.257 e. The minimum atomic E-state index is -0.323. The van der Waals surface area contributed by atoms with Gasteiger partial charge < -0.3 is 14.2 Å². The summed E-state index contributed by atoms with van der Waals surface area (Å²) in [7, 11) is 4.51. The highest BCUT2D eigenvalue weighted by Crippen LogP contribution is 2.38. The quantitative estimate of drug-likeness (QED) is 0.606. The number of methoxy groups -OCH3 is 3. The van der Waals surface area contributed by atoms with E-state index < -0.39 is 0 Å². The largest absolute Gasteiger partial charge is 0.493 e. The number of thiazole rings is 1. The fourth-order valence-electron chi connectivity index (χ4n) is 2.71. The van der Waals surface area contributed by atoms with E-state index in [1.54, 1.807) is 12.1 Å². The van der Waals surface area contributed by atoms with Gasteiger partial charge in [0.05, 0.1) is 27.0 Å². The summed E-state index contributed by atoms with van der Waals surface area (Å²) in [4.78, 5) is 18.3. The van der Waals surface area contributed by atoms with Crippen molar-refractivity contribution in [2.45, 2.75) is 6.92 Å². The van der Waals surface area contributed by atoms with Crippen LogP contribution in [0.15, 0.2) is 36.4 Å². The summed E-state index contributed by atoms with van der Waals surface area (Å²) < 4.78 is 15.9. The lowest BCUT2D eigenvalue weighted by Gasteiger charge is -2.13. The Morgan fingerprint density at radius 2 is 1.64 bits per heavy atom. The highest BCUT2D eigenvalue weighted by atomic mass is 35.5. The molecule has 8 heteroatoms. The number of hydrogen-bond acceptors (Lipinski definition) is 6. The Hall–Kier alpha value is -2.77. The first kappa shape index (κ1) is 20.0. The fraction of sp³-hybridized carbons (Fsp3) is 0.200. The van der Waals surface area contributed by atoms with Crippen LogP contribution in [0.1, 0.15) is 15.2 Å². The molecule has 0 aliphatic carbocycles. The van der Waals surface area contributed by atoms with Gasteiger partial charge in [-0.05, 0) is 31.2 Å². The molecule has 1 aromatic heterocycles.